The van der Waals surface area contributed by atoms with Gasteiger partial charge >= 0.3 is 0 Å². The second-order valence-electron chi connectivity index (χ2n) is 8.31. The van der Waals surface area contributed by atoms with E-state index in [2.05, 4.69) is 4.90 Å². The Kier molecular flexibility index (Phi) is 6.17. The van der Waals surface area contributed by atoms with Crippen molar-refractivity contribution in [3.8, 4) is 11.5 Å². The number of thiophene rings is 1. The minimum atomic E-state index is -0.371. The van der Waals surface area contributed by atoms with E-state index in [9.17, 15) is 14.4 Å². The summed E-state index contributed by atoms with van der Waals surface area (Å²) >= 11 is 1.58. The van der Waals surface area contributed by atoms with Gasteiger partial charge in [-0.25, -0.2) is 4.90 Å². The largest absolute Gasteiger partial charge is 0.493 e. The topological polar surface area (TPSA) is 79.4 Å². The van der Waals surface area contributed by atoms with Gasteiger partial charge in [-0.15, -0.1) is 11.3 Å². The molecule has 3 aromatic rings. The summed E-state index contributed by atoms with van der Waals surface area (Å²) < 4.78 is 10.6. The lowest BCUT2D eigenvalue weighted by Crippen LogP contribution is -2.49. The first-order chi connectivity index (χ1) is 17.0. The highest BCUT2D eigenvalue weighted by Crippen LogP contribution is 2.38. The molecule has 0 atom stereocenters. The maximum atomic E-state index is 13.5. The highest BCUT2D eigenvalue weighted by molar-refractivity contribution is 7.10. The van der Waals surface area contributed by atoms with Crippen molar-refractivity contribution in [2.75, 3.05) is 50.2 Å². The molecule has 3 heterocycles. The van der Waals surface area contributed by atoms with Crippen LogP contribution < -0.4 is 19.3 Å². The first-order valence-electron chi connectivity index (χ1n) is 11.3. The van der Waals surface area contributed by atoms with Crippen LogP contribution in [-0.4, -0.2) is 63.0 Å². The predicted octanol–water partition coefficient (Wildman–Crippen LogP) is 3.46. The number of carbonyl (C=O) groups excluding carboxylic acids is 3. The monoisotopic (exact) mass is 491 g/mol. The Morgan fingerprint density at radius 2 is 1.69 bits per heavy atom. The van der Waals surface area contributed by atoms with Gasteiger partial charge < -0.3 is 19.3 Å². The zero-order valence-electron chi connectivity index (χ0n) is 19.5. The third-order valence-electron chi connectivity index (χ3n) is 6.40. The van der Waals surface area contributed by atoms with Crippen LogP contribution >= 0.6 is 11.3 Å². The van der Waals surface area contributed by atoms with Gasteiger partial charge in [-0.2, -0.15) is 0 Å². The number of piperazine rings is 1. The molecule has 0 radical (unpaired) electrons. The summed E-state index contributed by atoms with van der Waals surface area (Å²) in [5, 5.41) is 1.97. The summed E-state index contributed by atoms with van der Waals surface area (Å²) in [5.41, 5.74) is 1.90. The van der Waals surface area contributed by atoms with Crippen molar-refractivity contribution in [3.63, 3.8) is 0 Å². The molecule has 9 heteroatoms. The number of anilines is 2. The van der Waals surface area contributed by atoms with Crippen molar-refractivity contribution < 1.29 is 23.9 Å². The molecule has 1 saturated heterocycles. The third kappa shape index (κ3) is 4.12. The molecule has 5 rings (SSSR count). The Hall–Kier alpha value is -3.85. The van der Waals surface area contributed by atoms with Crippen LogP contribution in [0.5, 0.6) is 11.5 Å². The normalized spacial score (nSPS) is 15.4. The highest BCUT2D eigenvalue weighted by atomic mass is 32.1. The quantitative estimate of drug-likeness (QED) is 0.492. The van der Waals surface area contributed by atoms with Crippen molar-refractivity contribution in [3.05, 3.63) is 69.9 Å². The number of nitrogens with zero attached hydrogens (tertiary/aromatic N) is 3. The van der Waals surface area contributed by atoms with Crippen molar-refractivity contribution in [1.82, 2.24) is 4.90 Å². The highest BCUT2D eigenvalue weighted by Gasteiger charge is 2.40. The van der Waals surface area contributed by atoms with Crippen LogP contribution in [0.2, 0.25) is 0 Å². The van der Waals surface area contributed by atoms with Crippen molar-refractivity contribution >= 4 is 40.4 Å². The molecule has 1 aromatic heterocycles. The minimum Gasteiger partial charge on any atom is -0.493 e. The molecule has 2 aromatic carbocycles. The fourth-order valence-corrected chi connectivity index (χ4v) is 5.30. The smallest absolute Gasteiger partial charge is 0.268 e. The lowest BCUT2D eigenvalue weighted by molar-refractivity contribution is -0.130. The van der Waals surface area contributed by atoms with Crippen LogP contribution in [0.4, 0.5) is 11.4 Å². The van der Waals surface area contributed by atoms with E-state index in [-0.39, 0.29) is 17.7 Å². The van der Waals surface area contributed by atoms with Crippen molar-refractivity contribution in [1.29, 1.82) is 0 Å². The average molecular weight is 492 g/mol. The maximum Gasteiger partial charge on any atom is 0.268 e. The van der Waals surface area contributed by atoms with Crippen molar-refractivity contribution in [2.45, 2.75) is 6.42 Å². The summed E-state index contributed by atoms with van der Waals surface area (Å²) in [6, 6.07) is 14.2. The molecule has 1 fully saturated rings. The number of hydrogen-bond acceptors (Lipinski definition) is 7. The Morgan fingerprint density at radius 3 is 2.37 bits per heavy atom. The molecule has 8 nitrogen and oxygen atoms in total. The van der Waals surface area contributed by atoms with E-state index in [4.69, 9.17) is 9.47 Å². The fraction of sp³-hybridized carbons (Fsp3) is 0.269. The molecule has 0 saturated carbocycles. The summed E-state index contributed by atoms with van der Waals surface area (Å²) in [5.74, 6) is 0.314. The van der Waals surface area contributed by atoms with Gasteiger partial charge in [0.05, 0.1) is 43.1 Å². The lowest BCUT2D eigenvalue weighted by atomic mass is 10.1. The second-order valence-corrected chi connectivity index (χ2v) is 9.34. The van der Waals surface area contributed by atoms with Crippen LogP contribution in [0.1, 0.15) is 25.6 Å². The van der Waals surface area contributed by atoms with Gasteiger partial charge in [-0.3, -0.25) is 14.4 Å². The van der Waals surface area contributed by atoms with Crippen LogP contribution in [0.3, 0.4) is 0 Å². The fourth-order valence-electron chi connectivity index (χ4n) is 4.60. The van der Waals surface area contributed by atoms with Gasteiger partial charge in [0, 0.05) is 37.1 Å². The third-order valence-corrected chi connectivity index (χ3v) is 7.27. The Morgan fingerprint density at radius 1 is 0.914 bits per heavy atom. The van der Waals surface area contributed by atoms with Gasteiger partial charge in [0.1, 0.15) is 0 Å². The number of ether oxygens (including phenoxy) is 2. The zero-order valence-corrected chi connectivity index (χ0v) is 20.3. The molecule has 0 N–H and O–H groups in total. The maximum absolute atomic E-state index is 13.5. The molecule has 2 aliphatic heterocycles. The SMILES string of the molecule is COc1ccc(N2C(=O)c3cccc(N4CCN(C(=O)Cc5cccs5)CC4)c3C2=O)cc1OC. The molecular formula is C26H25N3O5S. The Bertz CT molecular complexity index is 1280. The minimum absolute atomic E-state index is 0.108. The molecule has 0 bridgehead atoms. The number of carbonyl (C=O) groups is 3. The molecule has 0 spiro atoms. The molecule has 3 amide bonds. The van der Waals surface area contributed by atoms with E-state index >= 15 is 0 Å². The van der Waals surface area contributed by atoms with Crippen molar-refractivity contribution in [2.24, 2.45) is 0 Å². The second kappa shape index (κ2) is 9.42. The van der Waals surface area contributed by atoms with Gasteiger partial charge in [-0.1, -0.05) is 12.1 Å². The summed E-state index contributed by atoms with van der Waals surface area (Å²) in [7, 11) is 3.04. The average Bonchev–Trinajstić information content (AvgIpc) is 3.49. The number of amides is 3. The first-order valence-corrected chi connectivity index (χ1v) is 12.2. The summed E-state index contributed by atoms with van der Waals surface area (Å²) in [4.78, 5) is 45.6. The van der Waals surface area contributed by atoms with Gasteiger partial charge in [0.15, 0.2) is 11.5 Å². The molecule has 0 unspecified atom stereocenters. The van der Waals surface area contributed by atoms with Gasteiger partial charge in [0.2, 0.25) is 5.91 Å². The molecule has 180 valence electrons. The van der Waals surface area contributed by atoms with E-state index in [1.807, 2.05) is 28.5 Å². The molecule has 35 heavy (non-hydrogen) atoms. The lowest BCUT2D eigenvalue weighted by Gasteiger charge is -2.36. The number of fused-ring (bicyclic) bond motifs is 1. The number of imide groups is 1. The summed E-state index contributed by atoms with van der Waals surface area (Å²) in [6.45, 7) is 2.31. The van der Waals surface area contributed by atoms with Gasteiger partial charge in [0.25, 0.3) is 11.8 Å². The molecule has 0 aliphatic carbocycles. The van der Waals surface area contributed by atoms with E-state index < -0.39 is 0 Å². The predicted molar refractivity (Wildman–Crippen MR) is 134 cm³/mol. The Balaban J connectivity index is 1.36. The number of hydrogen-bond donors (Lipinski definition) is 0. The molecular weight excluding hydrogens is 466 g/mol. The van der Waals surface area contributed by atoms with Crippen LogP contribution in [0.15, 0.2) is 53.9 Å². The summed E-state index contributed by atoms with van der Waals surface area (Å²) in [6.07, 6.45) is 0.408. The van der Waals surface area contributed by atoms with E-state index in [1.165, 1.54) is 19.1 Å². The number of benzene rings is 2. The standard InChI is InChI=1S/C26H25N3O5S/c1-33-21-9-8-17(15-22(21)34-2)29-25(31)19-6-3-7-20(24(19)26(29)32)27-10-12-28(13-11-27)23(30)16-18-5-4-14-35-18/h3-9,14-15H,10-13,16H2,1-2H3. The Labute approximate surface area is 207 Å². The number of methoxy groups -OCH3 is 2. The van der Waals surface area contributed by atoms with E-state index in [0.29, 0.717) is 66.6 Å². The number of rotatable bonds is 6. The van der Waals surface area contributed by atoms with Crippen LogP contribution in [-0.2, 0) is 11.2 Å². The van der Waals surface area contributed by atoms with Gasteiger partial charge in [-0.05, 0) is 35.7 Å². The van der Waals surface area contributed by atoms with Crippen LogP contribution in [0.25, 0.3) is 0 Å². The zero-order chi connectivity index (χ0) is 24.5. The first kappa shape index (κ1) is 22.9. The van der Waals surface area contributed by atoms with Crippen LogP contribution in [0, 0.1) is 0 Å². The van der Waals surface area contributed by atoms with E-state index in [1.54, 1.807) is 41.7 Å². The molecule has 2 aliphatic rings. The van der Waals surface area contributed by atoms with E-state index in [0.717, 1.165) is 4.88 Å².